The Hall–Kier alpha value is -2.16. The lowest BCUT2D eigenvalue weighted by atomic mass is 9.85. The summed E-state index contributed by atoms with van der Waals surface area (Å²) in [5, 5.41) is 4.74. The van der Waals surface area contributed by atoms with E-state index in [0.29, 0.717) is 11.8 Å². The van der Waals surface area contributed by atoms with Gasteiger partial charge in [0, 0.05) is 11.5 Å². The van der Waals surface area contributed by atoms with E-state index in [0.717, 1.165) is 24.2 Å². The van der Waals surface area contributed by atoms with Crippen molar-refractivity contribution in [1.29, 1.82) is 0 Å². The van der Waals surface area contributed by atoms with Gasteiger partial charge >= 0.3 is 0 Å². The second-order valence-corrected chi connectivity index (χ2v) is 6.49. The molecule has 0 aliphatic heterocycles. The van der Waals surface area contributed by atoms with Gasteiger partial charge in [-0.2, -0.15) is 5.10 Å². The molecule has 24 heavy (non-hydrogen) atoms. The normalized spacial score (nSPS) is 21.0. The van der Waals surface area contributed by atoms with Crippen LogP contribution in [0.3, 0.4) is 0 Å². The smallest absolute Gasteiger partial charge is 0.123 e. The molecule has 1 unspecified atom stereocenters. The van der Waals surface area contributed by atoms with Crippen molar-refractivity contribution in [3.63, 3.8) is 0 Å². The van der Waals surface area contributed by atoms with Gasteiger partial charge in [0.05, 0.1) is 11.4 Å². The predicted molar refractivity (Wildman–Crippen MR) is 99.0 cm³/mol. The molecule has 0 heterocycles. The van der Waals surface area contributed by atoms with Crippen LogP contribution in [0.2, 0.25) is 0 Å². The van der Waals surface area contributed by atoms with Gasteiger partial charge in [-0.1, -0.05) is 51.0 Å². The van der Waals surface area contributed by atoms with Crippen LogP contribution in [-0.2, 0) is 0 Å². The van der Waals surface area contributed by atoms with Gasteiger partial charge in [-0.3, -0.25) is 5.43 Å². The van der Waals surface area contributed by atoms with Crippen molar-refractivity contribution in [2.75, 3.05) is 5.43 Å². The summed E-state index contributed by atoms with van der Waals surface area (Å²) < 4.78 is 13.1. The van der Waals surface area contributed by atoms with Crippen molar-refractivity contribution < 1.29 is 4.39 Å². The van der Waals surface area contributed by atoms with Gasteiger partial charge in [-0.25, -0.2) is 4.39 Å². The third kappa shape index (κ3) is 3.35. The number of fused-ring (bicyclic) bond motifs is 1. The Morgan fingerprint density at radius 2 is 1.58 bits per heavy atom. The molecule has 0 amide bonds. The molecule has 0 radical (unpaired) electrons. The first-order valence-corrected chi connectivity index (χ1v) is 8.93. The Morgan fingerprint density at radius 3 is 2.29 bits per heavy atom. The summed E-state index contributed by atoms with van der Waals surface area (Å²) in [7, 11) is 0. The Kier molecular flexibility index (Phi) is 5.29. The summed E-state index contributed by atoms with van der Waals surface area (Å²) in [6, 6.07) is 15.0. The predicted octanol–water partition coefficient (Wildman–Crippen LogP) is 5.96. The highest BCUT2D eigenvalue weighted by Crippen LogP contribution is 2.43. The number of nitrogens with one attached hydrogen (secondary N) is 1. The van der Waals surface area contributed by atoms with Crippen molar-refractivity contribution in [3.8, 4) is 0 Å². The minimum Gasteiger partial charge on any atom is -0.278 e. The van der Waals surface area contributed by atoms with E-state index in [2.05, 4.69) is 43.5 Å². The fourth-order valence-corrected chi connectivity index (χ4v) is 3.77. The molecule has 2 aromatic rings. The first kappa shape index (κ1) is 16.7. The van der Waals surface area contributed by atoms with E-state index in [-0.39, 0.29) is 5.82 Å². The lowest BCUT2D eigenvalue weighted by molar-refractivity contribution is 0.479. The maximum absolute atomic E-state index is 13.1. The topological polar surface area (TPSA) is 24.4 Å². The summed E-state index contributed by atoms with van der Waals surface area (Å²) in [4.78, 5) is 0. The molecule has 2 aromatic carbocycles. The third-order valence-corrected chi connectivity index (χ3v) is 4.82. The van der Waals surface area contributed by atoms with Crippen LogP contribution in [0.4, 0.5) is 10.1 Å². The number of hydrogen-bond donors (Lipinski definition) is 1. The van der Waals surface area contributed by atoms with Gasteiger partial charge in [-0.15, -0.1) is 0 Å². The van der Waals surface area contributed by atoms with Crippen LogP contribution in [0, 0.1) is 11.7 Å². The number of anilines is 1. The minimum atomic E-state index is -0.230. The Bertz CT molecular complexity index is 706. The minimum absolute atomic E-state index is 0.230. The zero-order chi connectivity index (χ0) is 16.9. The zero-order valence-corrected chi connectivity index (χ0v) is 14.4. The first-order valence-electron chi connectivity index (χ1n) is 8.93. The van der Waals surface area contributed by atoms with Crippen molar-refractivity contribution in [3.05, 3.63) is 65.5 Å². The van der Waals surface area contributed by atoms with Gasteiger partial charge in [0.1, 0.15) is 5.82 Å². The van der Waals surface area contributed by atoms with Crippen LogP contribution in [0.1, 0.15) is 56.6 Å². The number of hydrogen-bond acceptors (Lipinski definition) is 2. The highest BCUT2D eigenvalue weighted by atomic mass is 19.1. The highest BCUT2D eigenvalue weighted by molar-refractivity contribution is 6.07. The van der Waals surface area contributed by atoms with Crippen LogP contribution in [-0.4, -0.2) is 5.71 Å². The van der Waals surface area contributed by atoms with Crippen LogP contribution >= 0.6 is 0 Å². The second-order valence-electron chi connectivity index (χ2n) is 6.49. The van der Waals surface area contributed by atoms with Crippen LogP contribution in [0.15, 0.2) is 53.6 Å². The number of benzene rings is 2. The summed E-state index contributed by atoms with van der Waals surface area (Å²) in [5.41, 5.74) is 7.79. The molecule has 3 rings (SSSR count). The Balaban J connectivity index is 1.93. The van der Waals surface area contributed by atoms with Gasteiger partial charge < -0.3 is 0 Å². The van der Waals surface area contributed by atoms with E-state index in [1.165, 1.54) is 36.1 Å². The summed E-state index contributed by atoms with van der Waals surface area (Å²) in [6.45, 7) is 4.48. The monoisotopic (exact) mass is 324 g/mol. The quantitative estimate of drug-likeness (QED) is 0.652. The SMILES string of the molecule is CCCC1c2ccccc2/C(=N/Nc2ccc(F)cc2)[C@@H]1CCC. The molecule has 1 aliphatic rings. The largest absolute Gasteiger partial charge is 0.278 e. The highest BCUT2D eigenvalue weighted by Gasteiger charge is 2.36. The van der Waals surface area contributed by atoms with E-state index >= 15 is 0 Å². The summed E-state index contributed by atoms with van der Waals surface area (Å²) in [6.07, 6.45) is 4.66. The van der Waals surface area contributed by atoms with Crippen molar-refractivity contribution >= 4 is 11.4 Å². The average Bonchev–Trinajstić information content (AvgIpc) is 2.89. The lowest BCUT2D eigenvalue weighted by Gasteiger charge is -2.19. The molecule has 1 N–H and O–H groups in total. The lowest BCUT2D eigenvalue weighted by Crippen LogP contribution is -2.16. The molecule has 0 saturated carbocycles. The van der Waals surface area contributed by atoms with Crippen LogP contribution in [0.5, 0.6) is 0 Å². The van der Waals surface area contributed by atoms with Gasteiger partial charge in [0.2, 0.25) is 0 Å². The molecule has 0 fully saturated rings. The maximum atomic E-state index is 13.1. The fourth-order valence-electron chi connectivity index (χ4n) is 3.77. The molecule has 2 nitrogen and oxygen atoms in total. The Labute approximate surface area is 143 Å². The van der Waals surface area contributed by atoms with Gasteiger partial charge in [-0.05, 0) is 48.6 Å². The second kappa shape index (κ2) is 7.61. The summed E-state index contributed by atoms with van der Waals surface area (Å²) >= 11 is 0. The molecule has 0 aromatic heterocycles. The van der Waals surface area contributed by atoms with Gasteiger partial charge in [0.25, 0.3) is 0 Å². The van der Waals surface area contributed by atoms with E-state index in [1.807, 2.05) is 0 Å². The van der Waals surface area contributed by atoms with Crippen LogP contribution < -0.4 is 5.43 Å². The molecule has 126 valence electrons. The molecule has 1 aliphatic carbocycles. The maximum Gasteiger partial charge on any atom is 0.123 e. The molecule has 0 bridgehead atoms. The average molecular weight is 324 g/mol. The van der Waals surface area contributed by atoms with E-state index in [4.69, 9.17) is 5.10 Å². The zero-order valence-electron chi connectivity index (χ0n) is 14.4. The number of rotatable bonds is 6. The number of hydrazone groups is 1. The van der Waals surface area contributed by atoms with Gasteiger partial charge in [0.15, 0.2) is 0 Å². The molecular formula is C21H25FN2. The first-order chi connectivity index (χ1) is 11.7. The molecular weight excluding hydrogens is 299 g/mol. The standard InChI is InChI=1S/C21H25FN2/c1-3-7-17-18-9-5-6-10-20(18)21(19(17)8-4-2)24-23-16-13-11-15(22)12-14-16/h5-6,9-14,17,19,23H,3-4,7-8H2,1-2H3/b24-21+/t17?,19-/m1/s1. The summed E-state index contributed by atoms with van der Waals surface area (Å²) in [5.74, 6) is 0.784. The van der Waals surface area contributed by atoms with Crippen molar-refractivity contribution in [1.82, 2.24) is 0 Å². The van der Waals surface area contributed by atoms with Crippen LogP contribution in [0.25, 0.3) is 0 Å². The molecule has 0 spiro atoms. The fraction of sp³-hybridized carbons (Fsp3) is 0.381. The van der Waals surface area contributed by atoms with E-state index in [9.17, 15) is 4.39 Å². The van der Waals surface area contributed by atoms with E-state index in [1.54, 1.807) is 12.1 Å². The Morgan fingerprint density at radius 1 is 0.917 bits per heavy atom. The van der Waals surface area contributed by atoms with Crippen molar-refractivity contribution in [2.45, 2.75) is 45.4 Å². The molecule has 2 atom stereocenters. The number of nitrogens with zero attached hydrogens (tertiary/aromatic N) is 1. The van der Waals surface area contributed by atoms with Crippen molar-refractivity contribution in [2.24, 2.45) is 11.0 Å². The van der Waals surface area contributed by atoms with E-state index < -0.39 is 0 Å². The molecule has 3 heteroatoms. The molecule has 0 saturated heterocycles. The third-order valence-electron chi connectivity index (χ3n) is 4.82. The number of halogens is 1.